The molecule has 0 aliphatic heterocycles. The highest BCUT2D eigenvalue weighted by Gasteiger charge is 2.39. The van der Waals surface area contributed by atoms with Crippen molar-refractivity contribution < 1.29 is 27.9 Å². The van der Waals surface area contributed by atoms with Crippen LogP contribution >= 0.6 is 11.6 Å². The molecule has 1 amide bonds. The summed E-state index contributed by atoms with van der Waals surface area (Å²) in [7, 11) is 0. The Morgan fingerprint density at radius 1 is 1.39 bits per heavy atom. The second kappa shape index (κ2) is 4.64. The lowest BCUT2D eigenvalue weighted by Crippen LogP contribution is -2.32. The smallest absolute Gasteiger partial charge is 0.471 e. The molecule has 0 bridgehead atoms. The van der Waals surface area contributed by atoms with Gasteiger partial charge in [-0.15, -0.1) is 0 Å². The number of carboxylic acid groups (broad SMARTS) is 1. The SMILES string of the molecule is O=C(O)c1nc(Cl)c(=O)[nH]c1NC(=O)C(F)(F)F. The monoisotopic (exact) mass is 285 g/mol. The van der Waals surface area contributed by atoms with Crippen molar-refractivity contribution in [2.24, 2.45) is 0 Å². The van der Waals surface area contributed by atoms with Crippen LogP contribution in [-0.4, -0.2) is 33.1 Å². The predicted octanol–water partition coefficient (Wildman–Crippen LogP) is 0.622. The van der Waals surface area contributed by atoms with Crippen molar-refractivity contribution in [3.8, 4) is 0 Å². The Labute approximate surface area is 101 Å². The average Bonchev–Trinajstić information content (AvgIpc) is 2.21. The summed E-state index contributed by atoms with van der Waals surface area (Å²) in [6.07, 6.45) is -5.24. The van der Waals surface area contributed by atoms with Gasteiger partial charge in [0, 0.05) is 0 Å². The molecule has 11 heteroatoms. The molecule has 0 radical (unpaired) electrons. The molecule has 1 heterocycles. The Morgan fingerprint density at radius 3 is 2.39 bits per heavy atom. The van der Waals surface area contributed by atoms with E-state index < -0.39 is 40.3 Å². The zero-order valence-corrected chi connectivity index (χ0v) is 8.89. The van der Waals surface area contributed by atoms with Crippen LogP contribution in [0.5, 0.6) is 0 Å². The van der Waals surface area contributed by atoms with Gasteiger partial charge in [0.15, 0.2) is 10.8 Å². The van der Waals surface area contributed by atoms with E-state index in [4.69, 9.17) is 16.7 Å². The van der Waals surface area contributed by atoms with Crippen LogP contribution in [0.15, 0.2) is 4.79 Å². The fourth-order valence-electron chi connectivity index (χ4n) is 0.859. The summed E-state index contributed by atoms with van der Waals surface area (Å²) in [5, 5.41) is 9.02. The molecule has 98 valence electrons. The van der Waals surface area contributed by atoms with E-state index >= 15 is 0 Å². The number of nitrogens with one attached hydrogen (secondary N) is 2. The van der Waals surface area contributed by atoms with Crippen LogP contribution < -0.4 is 10.9 Å². The molecule has 0 atom stereocenters. The predicted molar refractivity (Wildman–Crippen MR) is 51.5 cm³/mol. The first-order valence-corrected chi connectivity index (χ1v) is 4.42. The van der Waals surface area contributed by atoms with E-state index in [1.807, 2.05) is 0 Å². The Morgan fingerprint density at radius 2 is 1.94 bits per heavy atom. The molecule has 0 spiro atoms. The summed E-state index contributed by atoms with van der Waals surface area (Å²) in [5.74, 6) is -5.23. The van der Waals surface area contributed by atoms with E-state index in [9.17, 15) is 27.6 Å². The minimum atomic E-state index is -5.24. The molecule has 0 saturated heterocycles. The van der Waals surface area contributed by atoms with Gasteiger partial charge in [0.25, 0.3) is 5.56 Å². The fourth-order valence-corrected chi connectivity index (χ4v) is 0.991. The number of anilines is 1. The number of carbonyl (C=O) groups excluding carboxylic acids is 1. The number of carboxylic acids is 1. The number of amides is 1. The summed E-state index contributed by atoms with van der Waals surface area (Å²) in [4.78, 5) is 36.9. The number of H-pyrrole nitrogens is 1. The van der Waals surface area contributed by atoms with Crippen LogP contribution in [-0.2, 0) is 4.79 Å². The summed E-state index contributed by atoms with van der Waals surface area (Å²) in [6.45, 7) is 0. The highest BCUT2D eigenvalue weighted by atomic mass is 35.5. The molecular formula is C7H3ClF3N3O4. The fraction of sp³-hybridized carbons (Fsp3) is 0.143. The second-order valence-corrected chi connectivity index (χ2v) is 3.20. The van der Waals surface area contributed by atoms with Gasteiger partial charge in [-0.2, -0.15) is 13.2 Å². The average molecular weight is 286 g/mol. The van der Waals surface area contributed by atoms with Crippen molar-refractivity contribution in [2.45, 2.75) is 6.18 Å². The van der Waals surface area contributed by atoms with Crippen molar-refractivity contribution in [3.63, 3.8) is 0 Å². The van der Waals surface area contributed by atoms with E-state index in [1.165, 1.54) is 5.32 Å². The number of rotatable bonds is 2. The molecule has 0 unspecified atom stereocenters. The third-order valence-electron chi connectivity index (χ3n) is 1.57. The number of alkyl halides is 3. The number of hydrogen-bond acceptors (Lipinski definition) is 4. The standard InChI is InChI=1S/C7H3ClF3N3O4/c8-2-4(15)13-3(1(12-2)5(16)17)14-6(18)7(9,10)11/h(H,16,17)(H2,13,14,15,18). The maximum Gasteiger partial charge on any atom is 0.471 e. The molecule has 0 aromatic carbocycles. The van der Waals surface area contributed by atoms with E-state index in [2.05, 4.69) is 4.98 Å². The Bertz CT molecular complexity index is 568. The maximum absolute atomic E-state index is 11.9. The summed E-state index contributed by atoms with van der Waals surface area (Å²) >= 11 is 5.20. The van der Waals surface area contributed by atoms with Gasteiger partial charge in [-0.25, -0.2) is 9.78 Å². The number of aromatic nitrogens is 2. The van der Waals surface area contributed by atoms with Crippen molar-refractivity contribution in [1.29, 1.82) is 0 Å². The maximum atomic E-state index is 11.9. The normalized spacial score (nSPS) is 11.1. The number of halogens is 4. The van der Waals surface area contributed by atoms with Crippen LogP contribution in [0.3, 0.4) is 0 Å². The number of carbonyl (C=O) groups is 2. The van der Waals surface area contributed by atoms with E-state index in [1.54, 1.807) is 4.98 Å². The van der Waals surface area contributed by atoms with Gasteiger partial charge < -0.3 is 15.4 Å². The Kier molecular flexibility index (Phi) is 3.60. The zero-order valence-electron chi connectivity index (χ0n) is 8.13. The summed E-state index contributed by atoms with van der Waals surface area (Å²) in [5.41, 5.74) is -2.16. The molecule has 0 aliphatic carbocycles. The van der Waals surface area contributed by atoms with Gasteiger partial charge in [-0.3, -0.25) is 9.59 Å². The highest BCUT2D eigenvalue weighted by molar-refractivity contribution is 6.29. The number of aromatic amines is 1. The third-order valence-corrected chi connectivity index (χ3v) is 1.83. The number of hydrogen-bond donors (Lipinski definition) is 3. The summed E-state index contributed by atoms with van der Waals surface area (Å²) < 4.78 is 35.8. The number of aromatic carboxylic acids is 1. The van der Waals surface area contributed by atoms with Gasteiger partial charge in [0.2, 0.25) is 0 Å². The molecule has 3 N–H and O–H groups in total. The molecule has 18 heavy (non-hydrogen) atoms. The first-order valence-electron chi connectivity index (χ1n) is 4.04. The van der Waals surface area contributed by atoms with Gasteiger partial charge in [0.1, 0.15) is 5.82 Å². The Hall–Kier alpha value is -2.10. The largest absolute Gasteiger partial charge is 0.476 e. The lowest BCUT2D eigenvalue weighted by Gasteiger charge is -2.09. The second-order valence-electron chi connectivity index (χ2n) is 2.84. The van der Waals surface area contributed by atoms with E-state index in [0.717, 1.165) is 0 Å². The number of nitrogens with zero attached hydrogens (tertiary/aromatic N) is 1. The zero-order chi connectivity index (χ0) is 14.1. The Balaban J connectivity index is 3.24. The molecular weight excluding hydrogens is 283 g/mol. The first-order chi connectivity index (χ1) is 8.12. The topological polar surface area (TPSA) is 112 Å². The van der Waals surface area contributed by atoms with Crippen LogP contribution in [0.4, 0.5) is 19.0 Å². The van der Waals surface area contributed by atoms with Crippen LogP contribution in [0, 0.1) is 0 Å². The van der Waals surface area contributed by atoms with Gasteiger partial charge in [-0.1, -0.05) is 11.6 Å². The van der Waals surface area contributed by atoms with Crippen LogP contribution in [0.1, 0.15) is 10.5 Å². The van der Waals surface area contributed by atoms with Crippen molar-refractivity contribution in [2.75, 3.05) is 5.32 Å². The van der Waals surface area contributed by atoms with Gasteiger partial charge in [-0.05, 0) is 0 Å². The molecule has 1 rings (SSSR count). The van der Waals surface area contributed by atoms with Gasteiger partial charge in [0.05, 0.1) is 0 Å². The third kappa shape index (κ3) is 2.97. The first kappa shape index (κ1) is 14.0. The van der Waals surface area contributed by atoms with Crippen molar-refractivity contribution in [1.82, 2.24) is 9.97 Å². The van der Waals surface area contributed by atoms with Crippen molar-refractivity contribution >= 4 is 29.3 Å². The molecule has 0 aliphatic rings. The van der Waals surface area contributed by atoms with E-state index in [-0.39, 0.29) is 0 Å². The lowest BCUT2D eigenvalue weighted by molar-refractivity contribution is -0.167. The van der Waals surface area contributed by atoms with Gasteiger partial charge >= 0.3 is 18.1 Å². The van der Waals surface area contributed by atoms with Crippen LogP contribution in [0.2, 0.25) is 5.15 Å². The lowest BCUT2D eigenvalue weighted by atomic mass is 10.4. The molecule has 0 fully saturated rings. The molecule has 0 saturated carbocycles. The quantitative estimate of drug-likeness (QED) is 0.737. The highest BCUT2D eigenvalue weighted by Crippen LogP contribution is 2.18. The molecule has 1 aromatic rings. The van der Waals surface area contributed by atoms with E-state index in [0.29, 0.717) is 0 Å². The molecule has 1 aromatic heterocycles. The minimum absolute atomic E-state index is 0.780. The molecule has 7 nitrogen and oxygen atoms in total. The minimum Gasteiger partial charge on any atom is -0.476 e. The van der Waals surface area contributed by atoms with Crippen LogP contribution in [0.25, 0.3) is 0 Å². The van der Waals surface area contributed by atoms with Crippen molar-refractivity contribution in [3.05, 3.63) is 21.2 Å². The summed E-state index contributed by atoms with van der Waals surface area (Å²) in [6, 6.07) is 0.